The van der Waals surface area contributed by atoms with E-state index in [0.29, 0.717) is 11.5 Å². The third-order valence-corrected chi connectivity index (χ3v) is 3.26. The number of hydrogen-bond donors (Lipinski definition) is 2. The van der Waals surface area contributed by atoms with Crippen molar-refractivity contribution in [1.29, 1.82) is 0 Å². The van der Waals surface area contributed by atoms with E-state index in [1.165, 1.54) is 0 Å². The Balaban J connectivity index is 1.79. The van der Waals surface area contributed by atoms with Crippen molar-refractivity contribution in [2.45, 2.75) is 38.5 Å². The Labute approximate surface area is 123 Å². The molecule has 0 amide bonds. The van der Waals surface area contributed by atoms with Crippen LogP contribution >= 0.6 is 0 Å². The molecule has 0 aliphatic carbocycles. The molecular weight excluding hydrogens is 270 g/mol. The summed E-state index contributed by atoms with van der Waals surface area (Å²) < 4.78 is 5.39. The van der Waals surface area contributed by atoms with Gasteiger partial charge in [-0.1, -0.05) is 25.0 Å². The van der Waals surface area contributed by atoms with Crippen molar-refractivity contribution in [3.63, 3.8) is 0 Å². The van der Waals surface area contributed by atoms with Gasteiger partial charge in [-0.05, 0) is 31.4 Å². The third kappa shape index (κ3) is 4.63. The minimum Gasteiger partial charge on any atom is -0.507 e. The van der Waals surface area contributed by atoms with Gasteiger partial charge in [0.25, 0.3) is 0 Å². The molecule has 1 aromatic carbocycles. The highest BCUT2D eigenvalue weighted by Crippen LogP contribution is 2.27. The first-order valence-electron chi connectivity index (χ1n) is 7.11. The number of aromatic nitrogens is 1. The lowest BCUT2D eigenvalue weighted by Crippen LogP contribution is -1.94. The number of benzene rings is 1. The fourth-order valence-corrected chi connectivity index (χ4v) is 2.14. The molecule has 2 N–H and O–H groups in total. The molecule has 0 aliphatic heterocycles. The highest BCUT2D eigenvalue weighted by molar-refractivity contribution is 5.66. The summed E-state index contributed by atoms with van der Waals surface area (Å²) >= 11 is 0. The monoisotopic (exact) mass is 289 g/mol. The molecule has 0 saturated heterocycles. The molecule has 0 unspecified atom stereocenters. The van der Waals surface area contributed by atoms with Gasteiger partial charge in [0, 0.05) is 6.42 Å². The van der Waals surface area contributed by atoms with Crippen LogP contribution < -0.4 is 0 Å². The highest BCUT2D eigenvalue weighted by Gasteiger charge is 2.10. The molecule has 112 valence electrons. The number of phenols is 1. The van der Waals surface area contributed by atoms with E-state index in [1.54, 1.807) is 24.5 Å². The van der Waals surface area contributed by atoms with Gasteiger partial charge in [-0.2, -0.15) is 0 Å². The lowest BCUT2D eigenvalue weighted by Gasteiger charge is -1.98. The van der Waals surface area contributed by atoms with Crippen LogP contribution in [0.2, 0.25) is 0 Å². The number of para-hydroxylation sites is 1. The number of carboxylic acid groups (broad SMARTS) is 1. The smallest absolute Gasteiger partial charge is 0.303 e. The average Bonchev–Trinajstić information content (AvgIpc) is 2.91. The van der Waals surface area contributed by atoms with Crippen LogP contribution in [0.1, 0.15) is 37.8 Å². The quantitative estimate of drug-likeness (QED) is 0.725. The van der Waals surface area contributed by atoms with Gasteiger partial charge >= 0.3 is 5.97 Å². The number of carbonyl (C=O) groups is 1. The highest BCUT2D eigenvalue weighted by atomic mass is 16.4. The number of aryl methyl sites for hydroxylation is 1. The summed E-state index contributed by atoms with van der Waals surface area (Å²) in [4.78, 5) is 14.7. The van der Waals surface area contributed by atoms with Crippen molar-refractivity contribution in [1.82, 2.24) is 4.98 Å². The Morgan fingerprint density at radius 1 is 1.14 bits per heavy atom. The molecule has 2 aromatic rings. The van der Waals surface area contributed by atoms with Crippen LogP contribution in [0.3, 0.4) is 0 Å². The number of phenolic OH excluding ortho intramolecular Hbond substituents is 1. The fourth-order valence-electron chi connectivity index (χ4n) is 2.14. The van der Waals surface area contributed by atoms with Crippen molar-refractivity contribution in [3.05, 3.63) is 36.2 Å². The Morgan fingerprint density at radius 2 is 1.90 bits per heavy atom. The van der Waals surface area contributed by atoms with Gasteiger partial charge in [0.15, 0.2) is 0 Å². The molecule has 5 heteroatoms. The first-order chi connectivity index (χ1) is 10.2. The van der Waals surface area contributed by atoms with E-state index in [1.807, 2.05) is 6.07 Å². The molecule has 0 radical (unpaired) electrons. The predicted molar refractivity (Wildman–Crippen MR) is 78.0 cm³/mol. The summed E-state index contributed by atoms with van der Waals surface area (Å²) in [5.74, 6) is -0.160. The molecule has 0 bridgehead atoms. The zero-order valence-electron chi connectivity index (χ0n) is 11.8. The zero-order chi connectivity index (χ0) is 15.1. The summed E-state index contributed by atoms with van der Waals surface area (Å²) in [5, 5.41) is 18.3. The van der Waals surface area contributed by atoms with Crippen molar-refractivity contribution < 1.29 is 19.4 Å². The fraction of sp³-hybridized carbons (Fsp3) is 0.375. The Morgan fingerprint density at radius 3 is 2.67 bits per heavy atom. The lowest BCUT2D eigenvalue weighted by molar-refractivity contribution is -0.137. The predicted octanol–water partition coefficient (Wildman–Crippen LogP) is 3.62. The van der Waals surface area contributed by atoms with Crippen LogP contribution in [0, 0.1) is 0 Å². The maximum Gasteiger partial charge on any atom is 0.303 e. The Kier molecular flexibility index (Phi) is 5.37. The number of aromatic hydroxyl groups is 1. The van der Waals surface area contributed by atoms with E-state index < -0.39 is 5.97 Å². The average molecular weight is 289 g/mol. The van der Waals surface area contributed by atoms with Crippen molar-refractivity contribution in [3.8, 4) is 17.2 Å². The van der Waals surface area contributed by atoms with E-state index >= 15 is 0 Å². The van der Waals surface area contributed by atoms with Crippen molar-refractivity contribution >= 4 is 5.97 Å². The number of hydrogen-bond acceptors (Lipinski definition) is 4. The number of rotatable bonds is 8. The molecule has 1 heterocycles. The second kappa shape index (κ2) is 7.47. The summed E-state index contributed by atoms with van der Waals surface area (Å²) in [6.45, 7) is 0. The molecule has 0 aliphatic rings. The third-order valence-electron chi connectivity index (χ3n) is 3.26. The molecule has 2 rings (SSSR count). The number of carboxylic acids is 1. The SMILES string of the molecule is O=C(O)CCCCCCc1coc(-c2ccccc2O)n1. The van der Waals surface area contributed by atoms with Gasteiger partial charge in [0.05, 0.1) is 11.3 Å². The Hall–Kier alpha value is -2.30. The molecule has 0 atom stereocenters. The largest absolute Gasteiger partial charge is 0.507 e. The second-order valence-corrected chi connectivity index (χ2v) is 4.97. The van der Waals surface area contributed by atoms with Crippen LogP contribution in [-0.2, 0) is 11.2 Å². The van der Waals surface area contributed by atoms with Gasteiger partial charge in [-0.3, -0.25) is 4.79 Å². The Bertz CT molecular complexity index is 591. The van der Waals surface area contributed by atoms with E-state index in [0.717, 1.165) is 37.8 Å². The molecule has 0 spiro atoms. The number of oxazole rings is 1. The first kappa shape index (κ1) is 15.1. The maximum atomic E-state index is 10.4. The molecule has 0 fully saturated rings. The van der Waals surface area contributed by atoms with E-state index in [9.17, 15) is 9.90 Å². The number of aliphatic carboxylic acids is 1. The second-order valence-electron chi connectivity index (χ2n) is 4.97. The van der Waals surface area contributed by atoms with Crippen LogP contribution in [0.15, 0.2) is 34.9 Å². The standard InChI is InChI=1S/C16H19NO4/c18-14-9-6-5-8-13(14)16-17-12(11-21-16)7-3-1-2-4-10-15(19)20/h5-6,8-9,11,18H,1-4,7,10H2,(H,19,20). The van der Waals surface area contributed by atoms with Crippen LogP contribution in [-0.4, -0.2) is 21.2 Å². The van der Waals surface area contributed by atoms with Crippen LogP contribution in [0.5, 0.6) is 5.75 Å². The lowest BCUT2D eigenvalue weighted by atomic mass is 10.1. The summed E-state index contributed by atoms with van der Waals surface area (Å²) in [6.07, 6.45) is 6.21. The topological polar surface area (TPSA) is 83.6 Å². The first-order valence-corrected chi connectivity index (χ1v) is 7.11. The van der Waals surface area contributed by atoms with Crippen molar-refractivity contribution in [2.75, 3.05) is 0 Å². The van der Waals surface area contributed by atoms with Crippen LogP contribution in [0.25, 0.3) is 11.5 Å². The number of nitrogens with zero attached hydrogens (tertiary/aromatic N) is 1. The minimum absolute atomic E-state index is 0.152. The van der Waals surface area contributed by atoms with Gasteiger partial charge < -0.3 is 14.6 Å². The molecule has 0 saturated carbocycles. The van der Waals surface area contributed by atoms with Gasteiger partial charge in [0.1, 0.15) is 12.0 Å². The minimum atomic E-state index is -0.737. The van der Waals surface area contributed by atoms with Crippen molar-refractivity contribution in [2.24, 2.45) is 0 Å². The number of unbranched alkanes of at least 4 members (excludes halogenated alkanes) is 3. The van der Waals surface area contributed by atoms with E-state index in [-0.39, 0.29) is 12.2 Å². The summed E-state index contributed by atoms with van der Waals surface area (Å²) in [7, 11) is 0. The van der Waals surface area contributed by atoms with Gasteiger partial charge in [0.2, 0.25) is 5.89 Å². The summed E-state index contributed by atoms with van der Waals surface area (Å²) in [5.41, 5.74) is 1.44. The molecule has 21 heavy (non-hydrogen) atoms. The van der Waals surface area contributed by atoms with Gasteiger partial charge in [-0.25, -0.2) is 4.98 Å². The molecule has 5 nitrogen and oxygen atoms in total. The van der Waals surface area contributed by atoms with Crippen LogP contribution in [0.4, 0.5) is 0 Å². The maximum absolute atomic E-state index is 10.4. The van der Waals surface area contributed by atoms with E-state index in [4.69, 9.17) is 9.52 Å². The molecular formula is C16H19NO4. The van der Waals surface area contributed by atoms with Gasteiger partial charge in [-0.15, -0.1) is 0 Å². The zero-order valence-corrected chi connectivity index (χ0v) is 11.8. The van der Waals surface area contributed by atoms with E-state index in [2.05, 4.69) is 4.98 Å². The summed E-state index contributed by atoms with van der Waals surface area (Å²) in [6, 6.07) is 6.93. The normalized spacial score (nSPS) is 10.7. The molecule has 1 aromatic heterocycles.